The van der Waals surface area contributed by atoms with Gasteiger partial charge in [-0.15, -0.1) is 0 Å². The summed E-state index contributed by atoms with van der Waals surface area (Å²) in [5.74, 6) is 0. The Hall–Kier alpha value is 0.160. The summed E-state index contributed by atoms with van der Waals surface area (Å²) in [6.07, 6.45) is 1.27. The van der Waals surface area contributed by atoms with E-state index in [1.165, 1.54) is 0 Å². The highest BCUT2D eigenvalue weighted by molar-refractivity contribution is 8.14. The second kappa shape index (κ2) is 5.30. The van der Waals surface area contributed by atoms with Crippen LogP contribution in [-0.2, 0) is 13.8 Å². The van der Waals surface area contributed by atoms with E-state index in [1.54, 1.807) is 7.11 Å². The van der Waals surface area contributed by atoms with E-state index in [4.69, 9.17) is 15.4 Å². The highest BCUT2D eigenvalue weighted by Crippen LogP contribution is 2.20. The van der Waals surface area contributed by atoms with E-state index < -0.39 is 9.05 Å². The van der Waals surface area contributed by atoms with Gasteiger partial charge in [-0.1, -0.05) is 0 Å². The van der Waals surface area contributed by atoms with Crippen LogP contribution in [0, 0.1) is 0 Å². The molecule has 4 nitrogen and oxygen atoms in total. The van der Waals surface area contributed by atoms with Crippen molar-refractivity contribution in [1.82, 2.24) is 4.90 Å². The summed E-state index contributed by atoms with van der Waals surface area (Å²) in [5, 5.41) is -0.358. The summed E-state index contributed by atoms with van der Waals surface area (Å²) in [6, 6.07) is 0. The number of piperidine rings is 1. The molecule has 1 rings (SSSR count). The van der Waals surface area contributed by atoms with Gasteiger partial charge in [0.1, 0.15) is 0 Å². The van der Waals surface area contributed by atoms with Crippen LogP contribution < -0.4 is 0 Å². The minimum Gasteiger partial charge on any atom is -0.383 e. The Morgan fingerprint density at radius 1 is 1.43 bits per heavy atom. The van der Waals surface area contributed by atoms with Gasteiger partial charge in [0.2, 0.25) is 9.05 Å². The molecule has 0 radical (unpaired) electrons. The molecule has 0 aromatic rings. The van der Waals surface area contributed by atoms with Crippen molar-refractivity contribution in [2.45, 2.75) is 18.1 Å². The SMILES string of the molecule is COCCN1CCC(S(=O)(=O)Cl)CC1. The summed E-state index contributed by atoms with van der Waals surface area (Å²) in [5.41, 5.74) is 0. The largest absolute Gasteiger partial charge is 0.383 e. The molecule has 1 aliphatic heterocycles. The number of nitrogens with zero attached hydrogens (tertiary/aromatic N) is 1. The molecule has 0 atom stereocenters. The Balaban J connectivity index is 2.31. The maximum Gasteiger partial charge on any atom is 0.235 e. The number of hydrogen-bond donors (Lipinski definition) is 0. The van der Waals surface area contributed by atoms with E-state index in [0.717, 1.165) is 19.6 Å². The van der Waals surface area contributed by atoms with Crippen LogP contribution in [-0.4, -0.2) is 51.9 Å². The van der Waals surface area contributed by atoms with Gasteiger partial charge in [-0.25, -0.2) is 8.42 Å². The average Bonchev–Trinajstić information content (AvgIpc) is 2.14. The summed E-state index contributed by atoms with van der Waals surface area (Å²) in [6.45, 7) is 3.14. The quantitative estimate of drug-likeness (QED) is 0.679. The molecule has 1 fully saturated rings. The molecule has 0 saturated carbocycles. The first-order chi connectivity index (χ1) is 6.54. The summed E-state index contributed by atoms with van der Waals surface area (Å²) in [7, 11) is 3.60. The molecule has 0 bridgehead atoms. The van der Waals surface area contributed by atoms with Gasteiger partial charge in [0.25, 0.3) is 0 Å². The summed E-state index contributed by atoms with van der Waals surface area (Å²) in [4.78, 5) is 2.20. The predicted octanol–water partition coefficient (Wildman–Crippen LogP) is 0.666. The molecule has 6 heteroatoms. The van der Waals surface area contributed by atoms with E-state index in [1.807, 2.05) is 0 Å². The van der Waals surface area contributed by atoms with E-state index in [9.17, 15) is 8.42 Å². The molecule has 0 spiro atoms. The van der Waals surface area contributed by atoms with Crippen molar-refractivity contribution in [3.05, 3.63) is 0 Å². The summed E-state index contributed by atoms with van der Waals surface area (Å²) < 4.78 is 27.0. The van der Waals surface area contributed by atoms with Crippen LogP contribution in [0.15, 0.2) is 0 Å². The lowest BCUT2D eigenvalue weighted by Gasteiger charge is -2.29. The zero-order chi connectivity index (χ0) is 10.6. The molecule has 0 aromatic carbocycles. The standard InChI is InChI=1S/C8H16ClNO3S/c1-13-7-6-10-4-2-8(3-5-10)14(9,11)12/h8H,2-7H2,1H3. The van der Waals surface area contributed by atoms with Crippen LogP contribution in [0.1, 0.15) is 12.8 Å². The maximum atomic E-state index is 11.0. The molecule has 84 valence electrons. The van der Waals surface area contributed by atoms with Crippen LogP contribution in [0.2, 0.25) is 0 Å². The topological polar surface area (TPSA) is 46.6 Å². The Kier molecular flexibility index (Phi) is 4.63. The number of likely N-dealkylation sites (tertiary alicyclic amines) is 1. The zero-order valence-electron chi connectivity index (χ0n) is 8.28. The van der Waals surface area contributed by atoms with Crippen molar-refractivity contribution in [1.29, 1.82) is 0 Å². The monoisotopic (exact) mass is 241 g/mol. The fraction of sp³-hybridized carbons (Fsp3) is 1.00. The lowest BCUT2D eigenvalue weighted by Crippen LogP contribution is -2.39. The zero-order valence-corrected chi connectivity index (χ0v) is 9.85. The van der Waals surface area contributed by atoms with Crippen molar-refractivity contribution in [3.63, 3.8) is 0 Å². The van der Waals surface area contributed by atoms with E-state index in [-0.39, 0.29) is 5.25 Å². The smallest absolute Gasteiger partial charge is 0.235 e. The summed E-state index contributed by atoms with van der Waals surface area (Å²) >= 11 is 0. The van der Waals surface area contributed by atoms with Gasteiger partial charge in [-0.2, -0.15) is 0 Å². The normalized spacial score (nSPS) is 21.3. The van der Waals surface area contributed by atoms with E-state index in [0.29, 0.717) is 19.4 Å². The van der Waals surface area contributed by atoms with Gasteiger partial charge in [0, 0.05) is 24.3 Å². The first-order valence-electron chi connectivity index (χ1n) is 4.69. The molecular formula is C8H16ClNO3S. The number of methoxy groups -OCH3 is 1. The predicted molar refractivity (Wildman–Crippen MR) is 56.1 cm³/mol. The van der Waals surface area contributed by atoms with Gasteiger partial charge in [-0.3, -0.25) is 0 Å². The van der Waals surface area contributed by atoms with Crippen molar-refractivity contribution in [3.8, 4) is 0 Å². The highest BCUT2D eigenvalue weighted by Gasteiger charge is 2.27. The van der Waals surface area contributed by atoms with Gasteiger partial charge in [0.15, 0.2) is 0 Å². The Morgan fingerprint density at radius 2 is 2.00 bits per heavy atom. The van der Waals surface area contributed by atoms with Crippen molar-refractivity contribution in [2.75, 3.05) is 33.4 Å². The second-order valence-corrected chi connectivity index (χ2v) is 6.42. The molecule has 1 saturated heterocycles. The fourth-order valence-electron chi connectivity index (χ4n) is 1.63. The van der Waals surface area contributed by atoms with Crippen molar-refractivity contribution in [2.24, 2.45) is 0 Å². The minimum atomic E-state index is -3.36. The Labute approximate surface area is 89.6 Å². The third-order valence-electron chi connectivity index (χ3n) is 2.54. The fourth-order valence-corrected chi connectivity index (χ4v) is 2.94. The molecule has 1 heterocycles. The molecular weight excluding hydrogens is 226 g/mol. The van der Waals surface area contributed by atoms with Gasteiger partial charge >= 0.3 is 0 Å². The highest BCUT2D eigenvalue weighted by atomic mass is 35.7. The van der Waals surface area contributed by atoms with Crippen LogP contribution in [0.5, 0.6) is 0 Å². The van der Waals surface area contributed by atoms with Crippen LogP contribution in [0.3, 0.4) is 0 Å². The third kappa shape index (κ3) is 3.73. The first kappa shape index (κ1) is 12.2. The van der Waals surface area contributed by atoms with Crippen molar-refractivity contribution >= 4 is 19.7 Å². The first-order valence-corrected chi connectivity index (χ1v) is 7.06. The van der Waals surface area contributed by atoms with Crippen LogP contribution in [0.25, 0.3) is 0 Å². The molecule has 14 heavy (non-hydrogen) atoms. The number of hydrogen-bond acceptors (Lipinski definition) is 4. The van der Waals surface area contributed by atoms with Crippen LogP contribution in [0.4, 0.5) is 0 Å². The van der Waals surface area contributed by atoms with Gasteiger partial charge in [-0.05, 0) is 25.9 Å². The Morgan fingerprint density at radius 3 is 2.43 bits per heavy atom. The van der Waals surface area contributed by atoms with E-state index in [2.05, 4.69) is 4.90 Å². The third-order valence-corrected chi connectivity index (χ3v) is 4.57. The molecule has 0 aromatic heterocycles. The van der Waals surface area contributed by atoms with E-state index >= 15 is 0 Å². The molecule has 0 aliphatic carbocycles. The molecule has 1 aliphatic rings. The average molecular weight is 242 g/mol. The lowest BCUT2D eigenvalue weighted by molar-refractivity contribution is 0.136. The van der Waals surface area contributed by atoms with Gasteiger partial charge in [0.05, 0.1) is 11.9 Å². The second-order valence-electron chi connectivity index (χ2n) is 3.51. The minimum absolute atomic E-state index is 0.358. The number of halogens is 1. The molecule has 0 amide bonds. The number of ether oxygens (including phenoxy) is 1. The Bertz CT molecular complexity index is 260. The number of rotatable bonds is 4. The molecule has 0 N–H and O–H groups in total. The van der Waals surface area contributed by atoms with Crippen LogP contribution >= 0.6 is 10.7 Å². The molecule has 0 unspecified atom stereocenters. The van der Waals surface area contributed by atoms with Gasteiger partial charge < -0.3 is 9.64 Å². The lowest BCUT2D eigenvalue weighted by atomic mass is 10.1. The van der Waals surface area contributed by atoms with Crippen molar-refractivity contribution < 1.29 is 13.2 Å². The maximum absolute atomic E-state index is 11.0.